The average molecular weight is 589 g/mol. The molecule has 0 N–H and O–H groups in total. The van der Waals surface area contributed by atoms with Gasteiger partial charge in [0.05, 0.1) is 6.20 Å². The smallest absolute Gasteiger partial charge is 0.153 e. The summed E-state index contributed by atoms with van der Waals surface area (Å²) in [6, 6.07) is 56.3. The zero-order valence-electron chi connectivity index (χ0n) is 25.0. The highest BCUT2D eigenvalue weighted by Gasteiger charge is 2.16. The quantitative estimate of drug-likeness (QED) is 0.187. The van der Waals surface area contributed by atoms with Gasteiger partial charge in [-0.05, 0) is 92.3 Å². The Labute approximate surface area is 266 Å². The molecule has 7 aromatic carbocycles. The van der Waals surface area contributed by atoms with Crippen LogP contribution in [0.5, 0.6) is 0 Å². The minimum Gasteiger partial charge on any atom is -0.454 e. The number of anilines is 3. The highest BCUT2D eigenvalue weighted by atomic mass is 16.3. The van der Waals surface area contributed by atoms with Gasteiger partial charge in [0.2, 0.25) is 0 Å². The zero-order chi connectivity index (χ0) is 30.5. The Morgan fingerprint density at radius 3 is 1.78 bits per heavy atom. The molecule has 2 heterocycles. The van der Waals surface area contributed by atoms with Gasteiger partial charge in [-0.3, -0.25) is 4.98 Å². The molecule has 0 aliphatic carbocycles. The summed E-state index contributed by atoms with van der Waals surface area (Å²) >= 11 is 0. The molecule has 0 radical (unpaired) electrons. The van der Waals surface area contributed by atoms with Gasteiger partial charge in [-0.1, -0.05) is 103 Å². The predicted molar refractivity (Wildman–Crippen MR) is 192 cm³/mol. The van der Waals surface area contributed by atoms with Gasteiger partial charge >= 0.3 is 0 Å². The first-order valence-electron chi connectivity index (χ1n) is 15.5. The van der Waals surface area contributed by atoms with Crippen molar-refractivity contribution in [1.82, 2.24) is 4.98 Å². The zero-order valence-corrected chi connectivity index (χ0v) is 25.0. The van der Waals surface area contributed by atoms with E-state index in [0.717, 1.165) is 39.0 Å². The van der Waals surface area contributed by atoms with E-state index in [1.165, 1.54) is 43.8 Å². The minimum absolute atomic E-state index is 0.793. The van der Waals surface area contributed by atoms with Crippen LogP contribution in [0.1, 0.15) is 0 Å². The number of furan rings is 1. The molecular formula is C43H28N2O. The molecule has 0 unspecified atom stereocenters. The second-order valence-electron chi connectivity index (χ2n) is 11.7. The van der Waals surface area contributed by atoms with Crippen molar-refractivity contribution in [1.29, 1.82) is 0 Å². The molecule has 0 saturated carbocycles. The Balaban J connectivity index is 1.13. The van der Waals surface area contributed by atoms with E-state index in [1.807, 2.05) is 18.3 Å². The summed E-state index contributed by atoms with van der Waals surface area (Å²) in [5, 5.41) is 7.23. The third kappa shape index (κ3) is 4.49. The first-order valence-corrected chi connectivity index (χ1v) is 15.5. The SMILES string of the molecule is c1ccc(-c2ccc(N(c3ccc(-c4ccc5c(ccc6ccccc65)c4)cc3)c3ccc4c(c3)oc3cnccc34)cc2)cc1. The maximum absolute atomic E-state index is 6.24. The van der Waals surface area contributed by atoms with Crippen LogP contribution in [0.25, 0.3) is 65.7 Å². The molecule has 0 saturated heterocycles. The Morgan fingerprint density at radius 2 is 0.978 bits per heavy atom. The maximum atomic E-state index is 6.24. The standard InChI is InChI=1S/C43H28N2O/c1-2-6-29(7-3-1)30-12-17-35(18-13-30)45(37-21-23-40-41-24-25-44-28-43(41)46-42(40)27-37)36-19-14-31(15-20-36)33-16-22-39-34(26-33)11-10-32-8-4-5-9-38(32)39/h1-28H. The van der Waals surface area contributed by atoms with Crippen molar-refractivity contribution in [3.63, 3.8) is 0 Å². The van der Waals surface area contributed by atoms with E-state index >= 15 is 0 Å². The Kier molecular flexibility index (Phi) is 6.14. The first-order chi connectivity index (χ1) is 22.8. The van der Waals surface area contributed by atoms with Gasteiger partial charge in [-0.25, -0.2) is 0 Å². The first kappa shape index (κ1) is 26.2. The summed E-state index contributed by atoms with van der Waals surface area (Å²) in [5.74, 6) is 0. The lowest BCUT2D eigenvalue weighted by Gasteiger charge is -2.26. The molecule has 9 aromatic rings. The van der Waals surface area contributed by atoms with Gasteiger partial charge in [0, 0.05) is 40.1 Å². The molecule has 3 nitrogen and oxygen atoms in total. The molecule has 0 fully saturated rings. The molecule has 0 amide bonds. The van der Waals surface area contributed by atoms with Crippen molar-refractivity contribution in [3.8, 4) is 22.3 Å². The second-order valence-corrected chi connectivity index (χ2v) is 11.7. The number of fused-ring (bicyclic) bond motifs is 6. The van der Waals surface area contributed by atoms with Crippen molar-refractivity contribution in [2.45, 2.75) is 0 Å². The van der Waals surface area contributed by atoms with E-state index in [1.54, 1.807) is 6.20 Å². The monoisotopic (exact) mass is 588 g/mol. The largest absolute Gasteiger partial charge is 0.454 e. The third-order valence-corrected chi connectivity index (χ3v) is 8.95. The van der Waals surface area contributed by atoms with Crippen LogP contribution in [-0.4, -0.2) is 4.98 Å². The highest BCUT2D eigenvalue weighted by molar-refractivity contribution is 6.08. The molecule has 9 rings (SSSR count). The van der Waals surface area contributed by atoms with Crippen molar-refractivity contribution < 1.29 is 4.42 Å². The average Bonchev–Trinajstić information content (AvgIpc) is 3.50. The Hall–Kier alpha value is -6.19. The molecule has 3 heteroatoms. The lowest BCUT2D eigenvalue weighted by molar-refractivity contribution is 0.667. The number of rotatable bonds is 5. The van der Waals surface area contributed by atoms with Crippen LogP contribution >= 0.6 is 0 Å². The maximum Gasteiger partial charge on any atom is 0.153 e. The summed E-state index contributed by atoms with van der Waals surface area (Å²) in [6.07, 6.45) is 3.59. The van der Waals surface area contributed by atoms with Gasteiger partial charge in [0.25, 0.3) is 0 Å². The lowest BCUT2D eigenvalue weighted by Crippen LogP contribution is -2.09. The summed E-state index contributed by atoms with van der Waals surface area (Å²) in [6.45, 7) is 0. The van der Waals surface area contributed by atoms with E-state index < -0.39 is 0 Å². The van der Waals surface area contributed by atoms with Crippen molar-refractivity contribution in [2.75, 3.05) is 4.90 Å². The predicted octanol–water partition coefficient (Wildman–Crippen LogP) is 12.1. The van der Waals surface area contributed by atoms with Crippen LogP contribution in [0.2, 0.25) is 0 Å². The van der Waals surface area contributed by atoms with E-state index in [-0.39, 0.29) is 0 Å². The molecule has 0 bridgehead atoms. The molecule has 46 heavy (non-hydrogen) atoms. The number of hydrogen-bond donors (Lipinski definition) is 0. The van der Waals surface area contributed by atoms with E-state index in [2.05, 4.69) is 155 Å². The molecule has 216 valence electrons. The fourth-order valence-corrected chi connectivity index (χ4v) is 6.64. The van der Waals surface area contributed by atoms with Gasteiger partial charge < -0.3 is 9.32 Å². The Bertz CT molecular complexity index is 2510. The van der Waals surface area contributed by atoms with E-state index in [9.17, 15) is 0 Å². The molecule has 0 aliphatic heterocycles. The molecule has 2 aromatic heterocycles. The fraction of sp³-hybridized carbons (Fsp3) is 0. The van der Waals surface area contributed by atoms with Crippen molar-refractivity contribution in [2.24, 2.45) is 0 Å². The second kappa shape index (κ2) is 10.8. The molecule has 0 atom stereocenters. The van der Waals surface area contributed by atoms with Crippen molar-refractivity contribution in [3.05, 3.63) is 170 Å². The van der Waals surface area contributed by atoms with Crippen LogP contribution < -0.4 is 4.90 Å². The normalized spacial score (nSPS) is 11.5. The number of aromatic nitrogens is 1. The van der Waals surface area contributed by atoms with Crippen LogP contribution in [0.3, 0.4) is 0 Å². The van der Waals surface area contributed by atoms with Gasteiger partial charge in [-0.2, -0.15) is 0 Å². The van der Waals surface area contributed by atoms with E-state index in [0.29, 0.717) is 0 Å². The summed E-state index contributed by atoms with van der Waals surface area (Å²) in [5.41, 5.74) is 9.56. The third-order valence-electron chi connectivity index (χ3n) is 8.95. The van der Waals surface area contributed by atoms with E-state index in [4.69, 9.17) is 4.42 Å². The summed E-state index contributed by atoms with van der Waals surface area (Å²) in [4.78, 5) is 6.54. The van der Waals surface area contributed by atoms with Crippen LogP contribution in [0.15, 0.2) is 175 Å². The summed E-state index contributed by atoms with van der Waals surface area (Å²) in [7, 11) is 0. The fourth-order valence-electron chi connectivity index (χ4n) is 6.64. The molecule has 0 aliphatic rings. The topological polar surface area (TPSA) is 29.3 Å². The number of pyridine rings is 1. The van der Waals surface area contributed by atoms with Crippen LogP contribution in [0, 0.1) is 0 Å². The van der Waals surface area contributed by atoms with Crippen LogP contribution in [0.4, 0.5) is 17.1 Å². The molecular weight excluding hydrogens is 560 g/mol. The lowest BCUT2D eigenvalue weighted by atomic mass is 9.97. The minimum atomic E-state index is 0.793. The van der Waals surface area contributed by atoms with Gasteiger partial charge in [0.1, 0.15) is 5.58 Å². The van der Waals surface area contributed by atoms with Crippen molar-refractivity contribution >= 4 is 60.5 Å². The summed E-state index contributed by atoms with van der Waals surface area (Å²) < 4.78 is 6.24. The highest BCUT2D eigenvalue weighted by Crippen LogP contribution is 2.40. The number of hydrogen-bond acceptors (Lipinski definition) is 3. The number of benzene rings is 7. The van der Waals surface area contributed by atoms with Gasteiger partial charge in [0.15, 0.2) is 5.58 Å². The number of nitrogens with zero attached hydrogens (tertiary/aromatic N) is 2. The Morgan fingerprint density at radius 1 is 0.391 bits per heavy atom. The van der Waals surface area contributed by atoms with Gasteiger partial charge in [-0.15, -0.1) is 0 Å². The van der Waals surface area contributed by atoms with Crippen LogP contribution in [-0.2, 0) is 0 Å². The molecule has 0 spiro atoms.